The van der Waals surface area contributed by atoms with Crippen molar-refractivity contribution in [1.82, 2.24) is 4.98 Å². The van der Waals surface area contributed by atoms with Crippen molar-refractivity contribution in [3.63, 3.8) is 0 Å². The van der Waals surface area contributed by atoms with E-state index in [1.165, 1.54) is 11.1 Å². The van der Waals surface area contributed by atoms with Crippen LogP contribution in [0, 0.1) is 33.1 Å². The van der Waals surface area contributed by atoms with E-state index in [0.717, 1.165) is 26.7 Å². The zero-order valence-electron chi connectivity index (χ0n) is 12.2. The number of hydrogen-bond donors (Lipinski definition) is 2. The predicted octanol–water partition coefficient (Wildman–Crippen LogP) is 3.75. The van der Waals surface area contributed by atoms with Crippen LogP contribution in [0.1, 0.15) is 27.9 Å². The number of nitrogens with one attached hydrogen (secondary N) is 1. The maximum atomic E-state index is 7.75. The van der Waals surface area contributed by atoms with Gasteiger partial charge in [0, 0.05) is 10.6 Å². The Labute approximate surface area is 124 Å². The first-order valence-corrected chi connectivity index (χ1v) is 7.28. The maximum Gasteiger partial charge on any atom is 0.125 e. The van der Waals surface area contributed by atoms with Gasteiger partial charge in [0.05, 0.1) is 5.56 Å². The smallest absolute Gasteiger partial charge is 0.125 e. The Morgan fingerprint density at radius 2 is 1.75 bits per heavy atom. The average Bonchev–Trinajstić information content (AvgIpc) is 2.32. The molecular weight excluding hydrogens is 266 g/mol. The van der Waals surface area contributed by atoms with Crippen molar-refractivity contribution in [3.05, 3.63) is 52.2 Å². The van der Waals surface area contributed by atoms with Crippen LogP contribution >= 0.6 is 11.8 Å². The number of hydrogen-bond acceptors (Lipinski definition) is 3. The standard InChI is InChI=1S/C16H19N3S/c1-9-5-6-13(8-10(9)2)20-16-14(15(17)18)11(3)7-12(4)19-16/h5-8H,1-4H3,(H3,17,18). The molecule has 0 bridgehead atoms. The van der Waals surface area contributed by atoms with Gasteiger partial charge >= 0.3 is 0 Å². The molecule has 0 saturated carbocycles. The summed E-state index contributed by atoms with van der Waals surface area (Å²) in [6, 6.07) is 8.29. The molecule has 4 heteroatoms. The van der Waals surface area contributed by atoms with Crippen molar-refractivity contribution in [2.24, 2.45) is 5.73 Å². The molecule has 104 valence electrons. The number of pyridine rings is 1. The minimum atomic E-state index is 0.0707. The van der Waals surface area contributed by atoms with E-state index in [4.69, 9.17) is 11.1 Å². The molecular formula is C16H19N3S. The molecule has 0 aliphatic carbocycles. The quantitative estimate of drug-likeness (QED) is 0.667. The zero-order valence-corrected chi connectivity index (χ0v) is 13.1. The van der Waals surface area contributed by atoms with Gasteiger partial charge in [-0.25, -0.2) is 4.98 Å². The zero-order chi connectivity index (χ0) is 14.9. The van der Waals surface area contributed by atoms with Crippen LogP contribution in [-0.2, 0) is 0 Å². The fourth-order valence-electron chi connectivity index (χ4n) is 2.09. The van der Waals surface area contributed by atoms with Gasteiger partial charge in [0.25, 0.3) is 0 Å². The Hall–Kier alpha value is -1.81. The summed E-state index contributed by atoms with van der Waals surface area (Å²) < 4.78 is 0. The first kappa shape index (κ1) is 14.6. The molecule has 0 fully saturated rings. The Balaban J connectivity index is 2.47. The molecule has 2 aromatic rings. The van der Waals surface area contributed by atoms with Gasteiger partial charge in [0.2, 0.25) is 0 Å². The molecule has 1 aromatic heterocycles. The Kier molecular flexibility index (Phi) is 4.14. The summed E-state index contributed by atoms with van der Waals surface area (Å²) in [5.74, 6) is 0.0707. The van der Waals surface area contributed by atoms with E-state index in [-0.39, 0.29) is 5.84 Å². The summed E-state index contributed by atoms with van der Waals surface area (Å²) >= 11 is 1.56. The molecule has 1 aromatic carbocycles. The topological polar surface area (TPSA) is 62.8 Å². The minimum Gasteiger partial charge on any atom is -0.384 e. The highest BCUT2D eigenvalue weighted by Gasteiger charge is 2.13. The third-order valence-corrected chi connectivity index (χ3v) is 4.25. The highest BCUT2D eigenvalue weighted by atomic mass is 32.2. The molecule has 0 aliphatic rings. The summed E-state index contributed by atoms with van der Waals surface area (Å²) in [6.45, 7) is 8.12. The first-order valence-electron chi connectivity index (χ1n) is 6.46. The van der Waals surface area contributed by atoms with Crippen LogP contribution in [0.15, 0.2) is 34.2 Å². The molecule has 3 nitrogen and oxygen atoms in total. The molecule has 0 radical (unpaired) electrons. The first-order chi connectivity index (χ1) is 9.38. The van der Waals surface area contributed by atoms with E-state index in [1.54, 1.807) is 11.8 Å². The Morgan fingerprint density at radius 1 is 1.05 bits per heavy atom. The fraction of sp³-hybridized carbons (Fsp3) is 0.250. The van der Waals surface area contributed by atoms with Gasteiger partial charge in [0.15, 0.2) is 0 Å². The third kappa shape index (κ3) is 3.02. The number of rotatable bonds is 3. The molecule has 0 aliphatic heterocycles. The summed E-state index contributed by atoms with van der Waals surface area (Å²) in [5, 5.41) is 8.56. The largest absolute Gasteiger partial charge is 0.384 e. The van der Waals surface area contributed by atoms with Gasteiger partial charge in [0.1, 0.15) is 10.9 Å². The van der Waals surface area contributed by atoms with Crippen molar-refractivity contribution in [2.75, 3.05) is 0 Å². The van der Waals surface area contributed by atoms with Crippen molar-refractivity contribution >= 4 is 17.6 Å². The molecule has 0 spiro atoms. The van der Waals surface area contributed by atoms with Gasteiger partial charge in [-0.15, -0.1) is 0 Å². The van der Waals surface area contributed by atoms with Gasteiger partial charge < -0.3 is 5.73 Å². The second-order valence-corrected chi connectivity index (χ2v) is 6.08. The monoisotopic (exact) mass is 285 g/mol. The third-order valence-electron chi connectivity index (χ3n) is 3.27. The van der Waals surface area contributed by atoms with E-state index in [0.29, 0.717) is 0 Å². The second-order valence-electron chi connectivity index (χ2n) is 5.02. The summed E-state index contributed by atoms with van der Waals surface area (Å²) in [4.78, 5) is 5.66. The van der Waals surface area contributed by atoms with Crippen molar-refractivity contribution in [1.29, 1.82) is 5.41 Å². The molecule has 20 heavy (non-hydrogen) atoms. The van der Waals surface area contributed by atoms with Gasteiger partial charge in [-0.1, -0.05) is 17.8 Å². The molecule has 0 saturated heterocycles. The number of amidine groups is 1. The highest BCUT2D eigenvalue weighted by molar-refractivity contribution is 7.99. The number of benzene rings is 1. The van der Waals surface area contributed by atoms with Crippen LogP contribution < -0.4 is 5.73 Å². The normalized spacial score (nSPS) is 10.6. The summed E-state index contributed by atoms with van der Waals surface area (Å²) in [6.07, 6.45) is 0. The van der Waals surface area contributed by atoms with E-state index in [1.807, 2.05) is 19.9 Å². The Morgan fingerprint density at radius 3 is 2.35 bits per heavy atom. The molecule has 2 rings (SSSR count). The fourth-order valence-corrected chi connectivity index (χ4v) is 3.25. The van der Waals surface area contributed by atoms with Crippen LogP contribution in [0.3, 0.4) is 0 Å². The van der Waals surface area contributed by atoms with Crippen LogP contribution in [-0.4, -0.2) is 10.8 Å². The number of nitrogens with zero attached hydrogens (tertiary/aromatic N) is 1. The number of nitrogens with two attached hydrogens (primary N) is 1. The molecule has 0 amide bonds. The molecule has 3 N–H and O–H groups in total. The van der Waals surface area contributed by atoms with Gasteiger partial charge in [-0.2, -0.15) is 0 Å². The van der Waals surface area contributed by atoms with Crippen LogP contribution in [0.2, 0.25) is 0 Å². The van der Waals surface area contributed by atoms with E-state index in [9.17, 15) is 0 Å². The van der Waals surface area contributed by atoms with Crippen LogP contribution in [0.4, 0.5) is 0 Å². The lowest BCUT2D eigenvalue weighted by Gasteiger charge is -2.12. The number of aromatic nitrogens is 1. The number of aryl methyl sites for hydroxylation is 4. The van der Waals surface area contributed by atoms with E-state index in [2.05, 4.69) is 37.0 Å². The van der Waals surface area contributed by atoms with E-state index >= 15 is 0 Å². The van der Waals surface area contributed by atoms with Crippen LogP contribution in [0.25, 0.3) is 0 Å². The summed E-state index contributed by atoms with van der Waals surface area (Å²) in [5.41, 5.74) is 10.9. The number of nitrogen functional groups attached to an aromatic ring is 1. The lowest BCUT2D eigenvalue weighted by Crippen LogP contribution is -2.15. The molecule has 0 atom stereocenters. The SMILES string of the molecule is Cc1cc(C)c(C(=N)N)c(Sc2ccc(C)c(C)c2)n1. The van der Waals surface area contributed by atoms with Crippen molar-refractivity contribution in [2.45, 2.75) is 37.6 Å². The lowest BCUT2D eigenvalue weighted by atomic mass is 10.1. The lowest BCUT2D eigenvalue weighted by molar-refractivity contribution is 1.03. The average molecular weight is 285 g/mol. The van der Waals surface area contributed by atoms with Crippen molar-refractivity contribution in [3.8, 4) is 0 Å². The second kappa shape index (κ2) is 5.67. The van der Waals surface area contributed by atoms with E-state index < -0.39 is 0 Å². The molecule has 1 heterocycles. The Bertz CT molecular complexity index is 678. The highest BCUT2D eigenvalue weighted by Crippen LogP contribution is 2.31. The predicted molar refractivity (Wildman–Crippen MR) is 84.8 cm³/mol. The summed E-state index contributed by atoms with van der Waals surface area (Å²) in [7, 11) is 0. The maximum absolute atomic E-state index is 7.75. The van der Waals surface area contributed by atoms with Crippen molar-refractivity contribution < 1.29 is 0 Å². The minimum absolute atomic E-state index is 0.0707. The van der Waals surface area contributed by atoms with Gasteiger partial charge in [-0.3, -0.25) is 5.41 Å². The van der Waals surface area contributed by atoms with Crippen LogP contribution in [0.5, 0.6) is 0 Å². The van der Waals surface area contributed by atoms with Gasteiger partial charge in [-0.05, 0) is 62.6 Å². The molecule has 0 unspecified atom stereocenters.